The largest absolute Gasteiger partial charge is 0.449 e. The van der Waals surface area contributed by atoms with Gasteiger partial charge in [0.25, 0.3) is 0 Å². The highest BCUT2D eigenvalue weighted by molar-refractivity contribution is 7.53. The van der Waals surface area contributed by atoms with Crippen LogP contribution in [0.25, 0.3) is 0 Å². The number of hydrogen-bond acceptors (Lipinski definition) is 2. The monoisotopic (exact) mass is 340 g/mol. The molecule has 24 heavy (non-hydrogen) atoms. The number of nitrogens with zero attached hydrogens (tertiary/aromatic N) is 2. The van der Waals surface area contributed by atoms with Crippen molar-refractivity contribution < 1.29 is 14.4 Å². The molecular formula is C18H17N2O3P. The van der Waals surface area contributed by atoms with Gasteiger partial charge in [-0.25, -0.2) is 9.57 Å². The van der Waals surface area contributed by atoms with Gasteiger partial charge in [0, 0.05) is 0 Å². The van der Waals surface area contributed by atoms with Crippen LogP contribution in [0.15, 0.2) is 91.0 Å². The molecule has 0 saturated carbocycles. The molecule has 0 aliphatic carbocycles. The lowest BCUT2D eigenvalue weighted by Crippen LogP contribution is -2.37. The van der Waals surface area contributed by atoms with Gasteiger partial charge in [0.1, 0.15) is 0 Å². The standard InChI is InChI=1S/C18H17N2O3P/c21-24(22,23)20(18-14-8-3-9-15-18)19(16-10-4-1-5-11-16)17-12-6-2-7-13-17/h1-15H,(H2,21,22,23). The minimum absolute atomic E-state index is 0.401. The molecule has 0 radical (unpaired) electrons. The number of rotatable bonds is 5. The Morgan fingerprint density at radius 1 is 0.583 bits per heavy atom. The van der Waals surface area contributed by atoms with Crippen LogP contribution in [-0.4, -0.2) is 9.79 Å². The van der Waals surface area contributed by atoms with Crippen molar-refractivity contribution in [1.82, 2.24) is 0 Å². The SMILES string of the molecule is O=P(O)(O)N(c1ccccc1)N(c1ccccc1)c1ccccc1. The number of hydrogen-bond donors (Lipinski definition) is 2. The van der Waals surface area contributed by atoms with Crippen LogP contribution in [0.4, 0.5) is 17.1 Å². The van der Waals surface area contributed by atoms with Gasteiger partial charge in [-0.05, 0) is 36.4 Å². The molecule has 0 atom stereocenters. The third kappa shape index (κ3) is 3.49. The molecule has 3 aromatic carbocycles. The van der Waals surface area contributed by atoms with Crippen LogP contribution in [0.3, 0.4) is 0 Å². The first-order valence-corrected chi connectivity index (χ1v) is 8.95. The lowest BCUT2D eigenvalue weighted by atomic mass is 10.2. The molecule has 3 rings (SSSR count). The second kappa shape index (κ2) is 6.89. The van der Waals surface area contributed by atoms with Gasteiger partial charge in [-0.1, -0.05) is 54.6 Å². The van der Waals surface area contributed by atoms with E-state index in [4.69, 9.17) is 0 Å². The van der Waals surface area contributed by atoms with E-state index in [0.29, 0.717) is 17.1 Å². The van der Waals surface area contributed by atoms with E-state index >= 15 is 0 Å². The second-order valence-electron chi connectivity index (χ2n) is 5.12. The summed E-state index contributed by atoms with van der Waals surface area (Å²) >= 11 is 0. The molecule has 2 N–H and O–H groups in total. The van der Waals surface area contributed by atoms with E-state index in [1.807, 2.05) is 36.4 Å². The fourth-order valence-corrected chi connectivity index (χ4v) is 3.32. The maximum absolute atomic E-state index is 12.3. The lowest BCUT2D eigenvalue weighted by molar-refractivity contribution is 0.368. The quantitative estimate of drug-likeness (QED) is 0.534. The van der Waals surface area contributed by atoms with E-state index < -0.39 is 7.75 Å². The minimum Gasteiger partial charge on any atom is -0.307 e. The smallest absolute Gasteiger partial charge is 0.307 e. The first-order valence-electron chi connectivity index (χ1n) is 7.39. The predicted molar refractivity (Wildman–Crippen MR) is 96.0 cm³/mol. The maximum Gasteiger partial charge on any atom is 0.449 e. The summed E-state index contributed by atoms with van der Waals surface area (Å²) in [5.74, 6) is 0. The molecular weight excluding hydrogens is 323 g/mol. The molecule has 0 aliphatic heterocycles. The van der Waals surface area contributed by atoms with E-state index in [1.54, 1.807) is 54.6 Å². The van der Waals surface area contributed by atoms with Crippen molar-refractivity contribution >= 4 is 24.8 Å². The molecule has 6 heteroatoms. The molecule has 5 nitrogen and oxygen atoms in total. The van der Waals surface area contributed by atoms with Gasteiger partial charge in [0.2, 0.25) is 0 Å². The van der Waals surface area contributed by atoms with Crippen LogP contribution in [-0.2, 0) is 4.57 Å². The summed E-state index contributed by atoms with van der Waals surface area (Å²) in [7, 11) is -4.63. The average molecular weight is 340 g/mol. The molecule has 0 fully saturated rings. The predicted octanol–water partition coefficient (Wildman–Crippen LogP) is 4.34. The van der Waals surface area contributed by atoms with Gasteiger partial charge >= 0.3 is 7.75 Å². The summed E-state index contributed by atoms with van der Waals surface area (Å²) in [4.78, 5) is 20.0. The van der Waals surface area contributed by atoms with Crippen molar-refractivity contribution in [3.05, 3.63) is 91.0 Å². The maximum atomic E-state index is 12.3. The van der Waals surface area contributed by atoms with Gasteiger partial charge < -0.3 is 9.79 Å². The van der Waals surface area contributed by atoms with Crippen LogP contribution in [0, 0.1) is 0 Å². The first-order chi connectivity index (χ1) is 11.6. The zero-order chi connectivity index (χ0) is 17.0. The molecule has 0 aromatic heterocycles. The van der Waals surface area contributed by atoms with Crippen LogP contribution in [0.1, 0.15) is 0 Å². The first kappa shape index (κ1) is 16.3. The van der Waals surface area contributed by atoms with Crippen LogP contribution >= 0.6 is 7.75 Å². The second-order valence-corrected chi connectivity index (χ2v) is 6.53. The zero-order valence-corrected chi connectivity index (χ0v) is 13.7. The molecule has 0 aliphatic rings. The molecule has 0 heterocycles. The summed E-state index contributed by atoms with van der Waals surface area (Å²) in [5.41, 5.74) is 1.70. The highest BCUT2D eigenvalue weighted by Gasteiger charge is 2.33. The molecule has 0 bridgehead atoms. The number of benzene rings is 3. The van der Waals surface area contributed by atoms with Gasteiger partial charge in [0.15, 0.2) is 0 Å². The molecule has 0 spiro atoms. The molecule has 0 amide bonds. The minimum atomic E-state index is -4.63. The van der Waals surface area contributed by atoms with E-state index in [2.05, 4.69) is 0 Å². The molecule has 0 unspecified atom stereocenters. The van der Waals surface area contributed by atoms with Crippen molar-refractivity contribution in [1.29, 1.82) is 0 Å². The van der Waals surface area contributed by atoms with Crippen molar-refractivity contribution in [3.63, 3.8) is 0 Å². The lowest BCUT2D eigenvalue weighted by Gasteiger charge is -2.37. The highest BCUT2D eigenvalue weighted by Crippen LogP contribution is 2.48. The molecule has 3 aromatic rings. The Bertz CT molecular complexity index is 783. The summed E-state index contributed by atoms with van der Waals surface area (Å²) in [6, 6.07) is 26.9. The van der Waals surface area contributed by atoms with E-state index in [9.17, 15) is 14.4 Å². The third-order valence-corrected chi connectivity index (χ3v) is 4.33. The van der Waals surface area contributed by atoms with Gasteiger partial charge in [0.05, 0.1) is 17.1 Å². The summed E-state index contributed by atoms with van der Waals surface area (Å²) < 4.78 is 13.3. The molecule has 0 saturated heterocycles. The van der Waals surface area contributed by atoms with Crippen LogP contribution in [0.5, 0.6) is 0 Å². The van der Waals surface area contributed by atoms with Gasteiger partial charge in [-0.3, -0.25) is 0 Å². The Morgan fingerprint density at radius 2 is 0.917 bits per heavy atom. The fourth-order valence-electron chi connectivity index (χ4n) is 2.45. The zero-order valence-electron chi connectivity index (χ0n) is 12.8. The van der Waals surface area contributed by atoms with E-state index in [0.717, 1.165) is 4.78 Å². The Morgan fingerprint density at radius 3 is 1.25 bits per heavy atom. The van der Waals surface area contributed by atoms with Crippen LogP contribution in [0.2, 0.25) is 0 Å². The Kier molecular flexibility index (Phi) is 4.67. The van der Waals surface area contributed by atoms with Gasteiger partial charge in [-0.15, -0.1) is 0 Å². The van der Waals surface area contributed by atoms with Crippen molar-refractivity contribution in [2.45, 2.75) is 0 Å². The number of para-hydroxylation sites is 3. The highest BCUT2D eigenvalue weighted by atomic mass is 31.2. The number of hydrazine groups is 1. The third-order valence-electron chi connectivity index (χ3n) is 3.42. The van der Waals surface area contributed by atoms with E-state index in [-0.39, 0.29) is 0 Å². The fraction of sp³-hybridized carbons (Fsp3) is 0. The summed E-state index contributed by atoms with van der Waals surface area (Å²) in [6.45, 7) is 0. The number of anilines is 3. The van der Waals surface area contributed by atoms with Crippen LogP contribution < -0.4 is 9.79 Å². The summed E-state index contributed by atoms with van der Waals surface area (Å²) in [6.07, 6.45) is 0. The average Bonchev–Trinajstić information content (AvgIpc) is 2.61. The Balaban J connectivity index is 2.21. The van der Waals surface area contributed by atoms with Gasteiger partial charge in [-0.2, -0.15) is 4.78 Å². The Hall–Kier alpha value is -2.59. The molecule has 122 valence electrons. The van der Waals surface area contributed by atoms with Crippen molar-refractivity contribution in [2.75, 3.05) is 9.79 Å². The van der Waals surface area contributed by atoms with Crippen molar-refractivity contribution in [2.24, 2.45) is 0 Å². The normalized spacial score (nSPS) is 11.1. The van der Waals surface area contributed by atoms with E-state index in [1.165, 1.54) is 5.01 Å². The Labute approximate surface area is 140 Å². The summed E-state index contributed by atoms with van der Waals surface area (Å²) in [5, 5.41) is 1.52. The topological polar surface area (TPSA) is 64.0 Å². The van der Waals surface area contributed by atoms with Crippen molar-refractivity contribution in [3.8, 4) is 0 Å².